The molecule has 0 aliphatic carbocycles. The molecule has 0 bridgehead atoms. The lowest BCUT2D eigenvalue weighted by molar-refractivity contribution is 0.0144. The Morgan fingerprint density at radius 1 is 1.16 bits per heavy atom. The topological polar surface area (TPSA) is 70.6 Å². The van der Waals surface area contributed by atoms with Crippen LogP contribution in [-0.4, -0.2) is 78.2 Å². The number of piperidine rings is 2. The Morgan fingerprint density at radius 2 is 1.84 bits per heavy atom. The summed E-state index contributed by atoms with van der Waals surface area (Å²) >= 11 is 0. The van der Waals surface area contributed by atoms with Gasteiger partial charge in [-0.3, -0.25) is 4.79 Å². The molecule has 0 saturated carbocycles. The van der Waals surface area contributed by atoms with E-state index in [1.54, 1.807) is 7.11 Å². The molecule has 0 radical (unpaired) electrons. The minimum atomic E-state index is 0.0212. The van der Waals surface area contributed by atoms with E-state index in [9.17, 15) is 4.79 Å². The number of carbonyl (C=O) groups excluding carboxylic acids is 1. The Morgan fingerprint density at radius 3 is 2.44 bits per heavy atom. The SMILES string of the molecule is CNc1ncnc(C(=O)N2CCC(N3CCC(OC)CC3)CC2)c1C. The fraction of sp³-hybridized carbons (Fsp3) is 0.722. The minimum absolute atomic E-state index is 0.0212. The first-order chi connectivity index (χ1) is 12.1. The van der Waals surface area contributed by atoms with Gasteiger partial charge in [-0.1, -0.05) is 0 Å². The average molecular weight is 347 g/mol. The summed E-state index contributed by atoms with van der Waals surface area (Å²) in [4.78, 5) is 25.7. The average Bonchev–Trinajstić information content (AvgIpc) is 2.68. The van der Waals surface area contributed by atoms with Crippen molar-refractivity contribution in [2.75, 3.05) is 45.7 Å². The Labute approximate surface area is 149 Å². The van der Waals surface area contributed by atoms with Gasteiger partial charge < -0.3 is 19.9 Å². The van der Waals surface area contributed by atoms with Gasteiger partial charge in [0, 0.05) is 51.9 Å². The summed E-state index contributed by atoms with van der Waals surface area (Å²) in [6, 6.07) is 0.584. The highest BCUT2D eigenvalue weighted by molar-refractivity contribution is 5.94. The van der Waals surface area contributed by atoms with Crippen molar-refractivity contribution < 1.29 is 9.53 Å². The van der Waals surface area contributed by atoms with Gasteiger partial charge in [-0.25, -0.2) is 9.97 Å². The van der Waals surface area contributed by atoms with Crippen LogP contribution in [0.25, 0.3) is 0 Å². The molecule has 2 saturated heterocycles. The van der Waals surface area contributed by atoms with Gasteiger partial charge in [0.1, 0.15) is 17.8 Å². The van der Waals surface area contributed by atoms with Crippen molar-refractivity contribution >= 4 is 11.7 Å². The zero-order valence-corrected chi connectivity index (χ0v) is 15.5. The first-order valence-corrected chi connectivity index (χ1v) is 9.19. The van der Waals surface area contributed by atoms with Crippen molar-refractivity contribution in [3.05, 3.63) is 17.6 Å². The molecular formula is C18H29N5O2. The molecule has 2 aliphatic heterocycles. The van der Waals surface area contributed by atoms with Crippen molar-refractivity contribution in [1.82, 2.24) is 19.8 Å². The van der Waals surface area contributed by atoms with Gasteiger partial charge >= 0.3 is 0 Å². The van der Waals surface area contributed by atoms with Gasteiger partial charge in [-0.2, -0.15) is 0 Å². The summed E-state index contributed by atoms with van der Waals surface area (Å²) in [6.45, 7) is 5.70. The summed E-state index contributed by atoms with van der Waals surface area (Å²) in [5.74, 6) is 0.738. The second kappa shape index (κ2) is 8.10. The highest BCUT2D eigenvalue weighted by atomic mass is 16.5. The van der Waals surface area contributed by atoms with E-state index in [1.165, 1.54) is 6.33 Å². The Balaban J connectivity index is 1.56. The first-order valence-electron chi connectivity index (χ1n) is 9.19. The van der Waals surface area contributed by atoms with Gasteiger partial charge in [0.05, 0.1) is 6.10 Å². The maximum atomic E-state index is 12.8. The molecule has 7 heteroatoms. The normalized spacial score (nSPS) is 20.7. The number of amides is 1. The molecule has 2 aliphatic rings. The number of nitrogens with one attached hydrogen (secondary N) is 1. The number of anilines is 1. The molecule has 25 heavy (non-hydrogen) atoms. The standard InChI is InChI=1S/C18H29N5O2/c1-13-16(20-12-21-17(13)19-2)18(24)23-8-4-14(5-9-23)22-10-6-15(25-3)7-11-22/h12,14-15H,4-11H2,1-3H3,(H,19,20,21). The van der Waals surface area contributed by atoms with Gasteiger partial charge in [-0.05, 0) is 32.6 Å². The predicted molar refractivity (Wildman–Crippen MR) is 96.8 cm³/mol. The summed E-state index contributed by atoms with van der Waals surface area (Å²) < 4.78 is 5.46. The third kappa shape index (κ3) is 3.93. The van der Waals surface area contributed by atoms with E-state index in [0.29, 0.717) is 23.7 Å². The Kier molecular flexibility index (Phi) is 5.86. The number of rotatable bonds is 4. The van der Waals surface area contributed by atoms with E-state index in [4.69, 9.17) is 4.74 Å². The zero-order valence-electron chi connectivity index (χ0n) is 15.5. The van der Waals surface area contributed by atoms with Crippen LogP contribution in [0.3, 0.4) is 0 Å². The highest BCUT2D eigenvalue weighted by Crippen LogP contribution is 2.23. The summed E-state index contributed by atoms with van der Waals surface area (Å²) in [6.07, 6.45) is 6.17. The number of methoxy groups -OCH3 is 1. The molecule has 3 heterocycles. The van der Waals surface area contributed by atoms with E-state index in [1.807, 2.05) is 18.9 Å². The molecule has 0 atom stereocenters. The number of likely N-dealkylation sites (tertiary alicyclic amines) is 2. The van der Waals surface area contributed by atoms with Crippen LogP contribution in [-0.2, 0) is 4.74 Å². The van der Waals surface area contributed by atoms with Crippen LogP contribution in [0.2, 0.25) is 0 Å². The molecule has 0 spiro atoms. The third-order valence-electron chi connectivity index (χ3n) is 5.60. The van der Waals surface area contributed by atoms with Crippen molar-refractivity contribution in [1.29, 1.82) is 0 Å². The summed E-state index contributed by atoms with van der Waals surface area (Å²) in [5.41, 5.74) is 1.33. The van der Waals surface area contributed by atoms with E-state index in [-0.39, 0.29) is 5.91 Å². The molecule has 7 nitrogen and oxygen atoms in total. The van der Waals surface area contributed by atoms with Gasteiger partial charge in [-0.15, -0.1) is 0 Å². The fourth-order valence-corrected chi connectivity index (χ4v) is 3.98. The lowest BCUT2D eigenvalue weighted by Crippen LogP contribution is -2.49. The number of carbonyl (C=O) groups is 1. The van der Waals surface area contributed by atoms with Crippen LogP contribution in [0.5, 0.6) is 0 Å². The molecule has 3 rings (SSSR count). The van der Waals surface area contributed by atoms with Crippen LogP contribution in [0.4, 0.5) is 5.82 Å². The molecule has 0 unspecified atom stereocenters. The highest BCUT2D eigenvalue weighted by Gasteiger charge is 2.30. The molecule has 1 aromatic rings. The van der Waals surface area contributed by atoms with Crippen molar-refractivity contribution in [2.24, 2.45) is 0 Å². The van der Waals surface area contributed by atoms with Crippen LogP contribution in [0.1, 0.15) is 41.7 Å². The predicted octanol–water partition coefficient (Wildman–Crippen LogP) is 1.54. The minimum Gasteiger partial charge on any atom is -0.381 e. The lowest BCUT2D eigenvalue weighted by atomic mass is 9.98. The molecule has 0 aromatic carbocycles. The van der Waals surface area contributed by atoms with Crippen LogP contribution >= 0.6 is 0 Å². The summed E-state index contributed by atoms with van der Waals surface area (Å²) in [7, 11) is 3.61. The maximum absolute atomic E-state index is 12.8. The number of hydrogen-bond acceptors (Lipinski definition) is 6. The first kappa shape index (κ1) is 18.1. The fourth-order valence-electron chi connectivity index (χ4n) is 3.98. The van der Waals surface area contributed by atoms with Crippen LogP contribution in [0.15, 0.2) is 6.33 Å². The van der Waals surface area contributed by atoms with Crippen molar-refractivity contribution in [3.63, 3.8) is 0 Å². The lowest BCUT2D eigenvalue weighted by Gasteiger charge is -2.41. The molecule has 2 fully saturated rings. The second-order valence-electron chi connectivity index (χ2n) is 6.94. The number of ether oxygens (including phenoxy) is 1. The number of aromatic nitrogens is 2. The monoisotopic (exact) mass is 347 g/mol. The molecule has 138 valence electrons. The van der Waals surface area contributed by atoms with Crippen LogP contribution in [0, 0.1) is 6.92 Å². The second-order valence-corrected chi connectivity index (χ2v) is 6.94. The largest absolute Gasteiger partial charge is 0.381 e. The number of hydrogen-bond donors (Lipinski definition) is 1. The maximum Gasteiger partial charge on any atom is 0.272 e. The molecule has 1 N–H and O–H groups in total. The molecule has 1 aromatic heterocycles. The van der Waals surface area contributed by atoms with Gasteiger partial charge in [0.15, 0.2) is 0 Å². The summed E-state index contributed by atoms with van der Waals surface area (Å²) in [5, 5.41) is 3.01. The van der Waals surface area contributed by atoms with Crippen molar-refractivity contribution in [3.8, 4) is 0 Å². The molecular weight excluding hydrogens is 318 g/mol. The van der Waals surface area contributed by atoms with Gasteiger partial charge in [0.25, 0.3) is 5.91 Å². The van der Waals surface area contributed by atoms with E-state index < -0.39 is 0 Å². The van der Waals surface area contributed by atoms with Crippen molar-refractivity contribution in [2.45, 2.75) is 44.8 Å². The quantitative estimate of drug-likeness (QED) is 0.891. The smallest absolute Gasteiger partial charge is 0.272 e. The molecule has 1 amide bonds. The van der Waals surface area contributed by atoms with E-state index in [2.05, 4.69) is 20.2 Å². The van der Waals surface area contributed by atoms with Gasteiger partial charge in [0.2, 0.25) is 0 Å². The van der Waals surface area contributed by atoms with E-state index in [0.717, 1.165) is 57.4 Å². The third-order valence-corrected chi connectivity index (χ3v) is 5.60. The Hall–Kier alpha value is -1.73. The Bertz CT molecular complexity index is 593. The van der Waals surface area contributed by atoms with E-state index >= 15 is 0 Å². The van der Waals surface area contributed by atoms with Crippen LogP contribution < -0.4 is 5.32 Å². The number of nitrogens with zero attached hydrogens (tertiary/aromatic N) is 4. The zero-order chi connectivity index (χ0) is 17.8.